The molecule has 0 spiro atoms. The quantitative estimate of drug-likeness (QED) is 0.764. The van der Waals surface area contributed by atoms with Crippen LogP contribution in [-0.2, 0) is 20.9 Å². The predicted octanol–water partition coefficient (Wildman–Crippen LogP) is 2.33. The second-order valence-electron chi connectivity index (χ2n) is 4.56. The van der Waals surface area contributed by atoms with Crippen LogP contribution in [-0.4, -0.2) is 25.8 Å². The number of esters is 1. The fraction of sp³-hybridized carbons (Fsp3) is 0.400. The van der Waals surface area contributed by atoms with Crippen molar-refractivity contribution >= 4 is 5.97 Å². The van der Waals surface area contributed by atoms with Gasteiger partial charge in [-0.1, -0.05) is 25.1 Å². The largest absolute Gasteiger partial charge is 0.497 e. The van der Waals surface area contributed by atoms with Gasteiger partial charge in [-0.2, -0.15) is 0 Å². The molecule has 1 aromatic rings. The molecule has 0 saturated carbocycles. The van der Waals surface area contributed by atoms with E-state index in [1.165, 1.54) is 6.08 Å². The van der Waals surface area contributed by atoms with E-state index in [0.29, 0.717) is 13.2 Å². The van der Waals surface area contributed by atoms with Crippen molar-refractivity contribution < 1.29 is 19.0 Å². The normalized spacial score (nSPS) is 22.1. The van der Waals surface area contributed by atoms with E-state index in [2.05, 4.69) is 0 Å². The highest BCUT2D eigenvalue weighted by Gasteiger charge is 2.23. The molecule has 0 N–H and O–H groups in total. The summed E-state index contributed by atoms with van der Waals surface area (Å²) in [6.45, 7) is 2.90. The van der Waals surface area contributed by atoms with Gasteiger partial charge in [-0.05, 0) is 17.7 Å². The first-order valence-electron chi connectivity index (χ1n) is 6.28. The Morgan fingerprint density at radius 3 is 2.68 bits per heavy atom. The van der Waals surface area contributed by atoms with Gasteiger partial charge >= 0.3 is 5.97 Å². The zero-order valence-corrected chi connectivity index (χ0v) is 11.2. The molecule has 0 amide bonds. The van der Waals surface area contributed by atoms with Gasteiger partial charge < -0.3 is 14.2 Å². The molecule has 102 valence electrons. The van der Waals surface area contributed by atoms with Gasteiger partial charge in [-0.25, -0.2) is 4.79 Å². The number of rotatable bonds is 5. The molecule has 1 aromatic carbocycles. The Labute approximate surface area is 113 Å². The van der Waals surface area contributed by atoms with Gasteiger partial charge in [0.15, 0.2) is 0 Å². The van der Waals surface area contributed by atoms with Crippen LogP contribution in [0.2, 0.25) is 0 Å². The Balaban J connectivity index is 1.79. The first-order valence-corrected chi connectivity index (χ1v) is 6.28. The third kappa shape index (κ3) is 3.83. The summed E-state index contributed by atoms with van der Waals surface area (Å²) in [5.41, 5.74) is 1.06. The third-order valence-electron chi connectivity index (χ3n) is 3.10. The summed E-state index contributed by atoms with van der Waals surface area (Å²) < 4.78 is 15.9. The van der Waals surface area contributed by atoms with Crippen LogP contribution in [0, 0.1) is 5.92 Å². The lowest BCUT2D eigenvalue weighted by atomic mass is 10.0. The van der Waals surface area contributed by atoms with Crippen molar-refractivity contribution in [1.29, 1.82) is 0 Å². The molecule has 4 heteroatoms. The molecular weight excluding hydrogens is 244 g/mol. The summed E-state index contributed by atoms with van der Waals surface area (Å²) >= 11 is 0. The molecule has 0 aliphatic carbocycles. The summed E-state index contributed by atoms with van der Waals surface area (Å²) in [6, 6.07) is 7.69. The summed E-state index contributed by atoms with van der Waals surface area (Å²) in [5, 5.41) is 0. The SMILES string of the molecule is COc1ccc(COC[C@H]2OC(=O)C=C[C@@H]2C)cc1. The molecular formula is C15H18O4. The van der Waals surface area contributed by atoms with Gasteiger partial charge in [0.2, 0.25) is 0 Å². The van der Waals surface area contributed by atoms with Gasteiger partial charge in [0.25, 0.3) is 0 Å². The number of methoxy groups -OCH3 is 1. The highest BCUT2D eigenvalue weighted by molar-refractivity contribution is 5.82. The van der Waals surface area contributed by atoms with Crippen molar-refractivity contribution in [2.24, 2.45) is 5.92 Å². The molecule has 0 bridgehead atoms. The lowest BCUT2D eigenvalue weighted by Gasteiger charge is -2.24. The molecule has 1 aliphatic heterocycles. The molecule has 0 unspecified atom stereocenters. The van der Waals surface area contributed by atoms with E-state index in [0.717, 1.165) is 11.3 Å². The summed E-state index contributed by atoms with van der Waals surface area (Å²) in [6.07, 6.45) is 3.12. The number of ether oxygens (including phenoxy) is 3. The van der Waals surface area contributed by atoms with E-state index < -0.39 is 0 Å². The van der Waals surface area contributed by atoms with Gasteiger partial charge in [0, 0.05) is 12.0 Å². The zero-order valence-electron chi connectivity index (χ0n) is 11.2. The fourth-order valence-electron chi connectivity index (χ4n) is 1.85. The highest BCUT2D eigenvalue weighted by atomic mass is 16.6. The van der Waals surface area contributed by atoms with E-state index >= 15 is 0 Å². The average molecular weight is 262 g/mol. The van der Waals surface area contributed by atoms with Crippen LogP contribution in [0.25, 0.3) is 0 Å². The van der Waals surface area contributed by atoms with Crippen LogP contribution in [0.1, 0.15) is 12.5 Å². The second-order valence-corrected chi connectivity index (χ2v) is 4.56. The van der Waals surface area contributed by atoms with E-state index in [9.17, 15) is 4.79 Å². The Morgan fingerprint density at radius 1 is 1.26 bits per heavy atom. The van der Waals surface area contributed by atoms with Crippen LogP contribution in [0.15, 0.2) is 36.4 Å². The van der Waals surface area contributed by atoms with Crippen molar-refractivity contribution in [3.63, 3.8) is 0 Å². The van der Waals surface area contributed by atoms with Gasteiger partial charge in [-0.3, -0.25) is 0 Å². The van der Waals surface area contributed by atoms with E-state index in [-0.39, 0.29) is 18.0 Å². The average Bonchev–Trinajstić information content (AvgIpc) is 2.43. The molecule has 2 atom stereocenters. The number of benzene rings is 1. The Bertz CT molecular complexity index is 450. The molecule has 0 saturated heterocycles. The van der Waals surface area contributed by atoms with Crippen LogP contribution in [0.4, 0.5) is 0 Å². The number of hydrogen-bond donors (Lipinski definition) is 0. The minimum atomic E-state index is -0.295. The Morgan fingerprint density at radius 2 is 2.00 bits per heavy atom. The zero-order chi connectivity index (χ0) is 13.7. The minimum Gasteiger partial charge on any atom is -0.497 e. The highest BCUT2D eigenvalue weighted by Crippen LogP contribution is 2.16. The van der Waals surface area contributed by atoms with Crippen molar-refractivity contribution in [2.75, 3.05) is 13.7 Å². The standard InChI is InChI=1S/C15H18O4/c1-11-3-8-15(16)19-14(11)10-18-9-12-4-6-13(17-2)7-5-12/h3-8,11,14H,9-10H2,1-2H3/t11-,14+/m0/s1. The fourth-order valence-corrected chi connectivity index (χ4v) is 1.85. The lowest BCUT2D eigenvalue weighted by molar-refractivity contribution is -0.150. The van der Waals surface area contributed by atoms with Crippen molar-refractivity contribution in [2.45, 2.75) is 19.6 Å². The maximum Gasteiger partial charge on any atom is 0.330 e. The monoisotopic (exact) mass is 262 g/mol. The molecule has 2 rings (SSSR count). The van der Waals surface area contributed by atoms with E-state index in [4.69, 9.17) is 14.2 Å². The maximum absolute atomic E-state index is 11.1. The smallest absolute Gasteiger partial charge is 0.330 e. The molecule has 0 aromatic heterocycles. The molecule has 0 radical (unpaired) electrons. The van der Waals surface area contributed by atoms with Gasteiger partial charge in [0.05, 0.1) is 20.3 Å². The van der Waals surface area contributed by atoms with E-state index in [1.54, 1.807) is 7.11 Å². The first-order chi connectivity index (χ1) is 9.19. The third-order valence-corrected chi connectivity index (χ3v) is 3.10. The summed E-state index contributed by atoms with van der Waals surface area (Å²) in [4.78, 5) is 11.1. The molecule has 1 aliphatic rings. The number of cyclic esters (lactones) is 1. The van der Waals surface area contributed by atoms with E-state index in [1.807, 2.05) is 37.3 Å². The van der Waals surface area contributed by atoms with Crippen LogP contribution in [0.5, 0.6) is 5.75 Å². The van der Waals surface area contributed by atoms with Crippen molar-refractivity contribution in [1.82, 2.24) is 0 Å². The summed E-state index contributed by atoms with van der Waals surface area (Å²) in [5.74, 6) is 0.716. The number of hydrogen-bond acceptors (Lipinski definition) is 4. The Hall–Kier alpha value is -1.81. The van der Waals surface area contributed by atoms with Crippen LogP contribution in [0.3, 0.4) is 0 Å². The summed E-state index contributed by atoms with van der Waals surface area (Å²) in [7, 11) is 1.64. The van der Waals surface area contributed by atoms with Crippen molar-refractivity contribution in [3.8, 4) is 5.75 Å². The van der Waals surface area contributed by atoms with Crippen LogP contribution >= 0.6 is 0 Å². The molecule has 4 nitrogen and oxygen atoms in total. The maximum atomic E-state index is 11.1. The predicted molar refractivity (Wildman–Crippen MR) is 70.8 cm³/mol. The minimum absolute atomic E-state index is 0.188. The molecule has 1 heterocycles. The molecule has 0 fully saturated rings. The first kappa shape index (κ1) is 13.6. The number of carbonyl (C=O) groups is 1. The lowest BCUT2D eigenvalue weighted by Crippen LogP contribution is -2.31. The van der Waals surface area contributed by atoms with Gasteiger partial charge in [-0.15, -0.1) is 0 Å². The topological polar surface area (TPSA) is 44.8 Å². The Kier molecular flexibility index (Phi) is 4.58. The van der Waals surface area contributed by atoms with Crippen molar-refractivity contribution in [3.05, 3.63) is 42.0 Å². The number of carbonyl (C=O) groups excluding carboxylic acids is 1. The van der Waals surface area contributed by atoms with Gasteiger partial charge in [0.1, 0.15) is 11.9 Å². The second kappa shape index (κ2) is 6.38. The van der Waals surface area contributed by atoms with Crippen LogP contribution < -0.4 is 4.74 Å². The molecule has 19 heavy (non-hydrogen) atoms.